The van der Waals surface area contributed by atoms with Crippen LogP contribution in [0.5, 0.6) is 0 Å². The van der Waals surface area contributed by atoms with Crippen LogP contribution in [0, 0.1) is 0 Å². The van der Waals surface area contributed by atoms with E-state index in [1.54, 1.807) is 0 Å². The number of nitrogens with two attached hydrogens (primary N) is 1. The molecule has 0 aliphatic carbocycles. The van der Waals surface area contributed by atoms with Crippen LogP contribution in [0.1, 0.15) is 53.9 Å². The van der Waals surface area contributed by atoms with Crippen molar-refractivity contribution >= 4 is 6.09 Å². The molecule has 0 spiro atoms. The molecule has 98 valence electrons. The fraction of sp³-hybridized carbons (Fsp3) is 0.917. The van der Waals surface area contributed by atoms with Crippen LogP contribution < -0.4 is 11.1 Å². The van der Waals surface area contributed by atoms with Gasteiger partial charge in [-0.2, -0.15) is 0 Å². The van der Waals surface area contributed by atoms with Crippen molar-refractivity contribution < 1.29 is 9.53 Å². The van der Waals surface area contributed by atoms with Gasteiger partial charge < -0.3 is 15.8 Å². The Morgan fingerprint density at radius 1 is 1.25 bits per heavy atom. The van der Waals surface area contributed by atoms with Gasteiger partial charge >= 0.3 is 6.09 Å². The van der Waals surface area contributed by atoms with Crippen molar-refractivity contribution in [2.75, 3.05) is 13.1 Å². The number of carbonyl (C=O) groups excluding carboxylic acids is 1. The van der Waals surface area contributed by atoms with E-state index in [9.17, 15) is 4.79 Å². The number of hydrogen-bond donors (Lipinski definition) is 2. The number of unbranched alkanes of at least 4 members (excludes halogenated alkanes) is 1. The summed E-state index contributed by atoms with van der Waals surface area (Å²) in [6, 6.07) is 0. The van der Waals surface area contributed by atoms with E-state index in [4.69, 9.17) is 10.5 Å². The Kier molecular flexibility index (Phi) is 11.8. The molecule has 0 radical (unpaired) electrons. The van der Waals surface area contributed by atoms with E-state index in [1.165, 1.54) is 12.8 Å². The molecule has 4 nitrogen and oxygen atoms in total. The highest BCUT2D eigenvalue weighted by Crippen LogP contribution is 2.05. The summed E-state index contributed by atoms with van der Waals surface area (Å²) in [5, 5.41) is 2.60. The maximum absolute atomic E-state index is 11.0. The maximum atomic E-state index is 11.0. The van der Waals surface area contributed by atoms with Gasteiger partial charge in [-0.3, -0.25) is 0 Å². The molecule has 0 heterocycles. The molecule has 16 heavy (non-hydrogen) atoms. The average Bonchev–Trinajstić information content (AvgIpc) is 2.16. The lowest BCUT2D eigenvalue weighted by Gasteiger charge is -2.19. The number of nitrogens with one attached hydrogen (secondary N) is 1. The van der Waals surface area contributed by atoms with Crippen LogP contribution in [0.25, 0.3) is 0 Å². The van der Waals surface area contributed by atoms with Gasteiger partial charge in [-0.15, -0.1) is 0 Å². The molecule has 0 fully saturated rings. The van der Waals surface area contributed by atoms with Gasteiger partial charge in [0.05, 0.1) is 0 Å². The number of carbonyl (C=O) groups is 1. The van der Waals surface area contributed by atoms with Gasteiger partial charge in [-0.1, -0.05) is 26.7 Å². The van der Waals surface area contributed by atoms with Crippen LogP contribution >= 0.6 is 0 Å². The highest BCUT2D eigenvalue weighted by atomic mass is 16.6. The monoisotopic (exact) mass is 232 g/mol. The maximum Gasteiger partial charge on any atom is 0.407 e. The lowest BCUT2D eigenvalue weighted by atomic mass is 10.2. The predicted molar refractivity (Wildman–Crippen MR) is 68.5 cm³/mol. The van der Waals surface area contributed by atoms with Crippen molar-refractivity contribution in [2.24, 2.45) is 5.73 Å². The molecule has 0 aromatic carbocycles. The minimum atomic E-state index is -0.424. The second-order valence-electron chi connectivity index (χ2n) is 4.57. The van der Waals surface area contributed by atoms with Crippen molar-refractivity contribution in [2.45, 2.75) is 59.5 Å². The smallest absolute Gasteiger partial charge is 0.407 e. The SMILES string of the molecule is CC(C)(C)OC(=O)NCCCN.CCCC. The van der Waals surface area contributed by atoms with Gasteiger partial charge in [-0.05, 0) is 33.7 Å². The summed E-state index contributed by atoms with van der Waals surface area (Å²) in [6.45, 7) is 11.0. The number of alkyl carbamates (subject to hydrolysis) is 1. The summed E-state index contributed by atoms with van der Waals surface area (Å²) in [5.74, 6) is 0. The summed E-state index contributed by atoms with van der Waals surface area (Å²) in [6.07, 6.45) is 3.04. The molecule has 0 aliphatic rings. The molecule has 0 saturated heterocycles. The highest BCUT2D eigenvalue weighted by molar-refractivity contribution is 5.67. The largest absolute Gasteiger partial charge is 0.444 e. The molecule has 0 bridgehead atoms. The van der Waals surface area contributed by atoms with E-state index >= 15 is 0 Å². The molecule has 0 saturated carbocycles. The Morgan fingerprint density at radius 3 is 2.06 bits per heavy atom. The van der Waals surface area contributed by atoms with Crippen LogP contribution in [-0.4, -0.2) is 24.8 Å². The second-order valence-corrected chi connectivity index (χ2v) is 4.57. The minimum Gasteiger partial charge on any atom is -0.444 e. The zero-order chi connectivity index (χ0) is 13.0. The Labute approximate surface area is 99.9 Å². The molecule has 0 rings (SSSR count). The number of ether oxygens (including phenoxy) is 1. The third-order valence-electron chi connectivity index (χ3n) is 1.55. The average molecular weight is 232 g/mol. The first kappa shape index (κ1) is 17.6. The lowest BCUT2D eigenvalue weighted by molar-refractivity contribution is 0.0527. The van der Waals surface area contributed by atoms with Crippen molar-refractivity contribution in [3.05, 3.63) is 0 Å². The lowest BCUT2D eigenvalue weighted by Crippen LogP contribution is -2.33. The van der Waals surface area contributed by atoms with Crippen LogP contribution in [0.3, 0.4) is 0 Å². The topological polar surface area (TPSA) is 64.3 Å². The van der Waals surface area contributed by atoms with E-state index in [1.807, 2.05) is 20.8 Å². The van der Waals surface area contributed by atoms with E-state index in [-0.39, 0.29) is 6.09 Å². The van der Waals surface area contributed by atoms with E-state index in [0.29, 0.717) is 13.1 Å². The molecular formula is C12H28N2O2. The second kappa shape index (κ2) is 10.7. The normalized spacial score (nSPS) is 10.1. The van der Waals surface area contributed by atoms with E-state index in [2.05, 4.69) is 19.2 Å². The van der Waals surface area contributed by atoms with Crippen molar-refractivity contribution in [3.8, 4) is 0 Å². The van der Waals surface area contributed by atoms with Crippen molar-refractivity contribution in [1.82, 2.24) is 5.32 Å². The first-order chi connectivity index (χ1) is 7.37. The van der Waals surface area contributed by atoms with Crippen LogP contribution in [-0.2, 0) is 4.74 Å². The fourth-order valence-electron chi connectivity index (χ4n) is 0.607. The number of amides is 1. The molecule has 0 aliphatic heterocycles. The Morgan fingerprint density at radius 2 is 1.75 bits per heavy atom. The predicted octanol–water partition coefficient (Wildman–Crippen LogP) is 2.67. The van der Waals surface area contributed by atoms with Crippen LogP contribution in [0.4, 0.5) is 4.79 Å². The summed E-state index contributed by atoms with van der Waals surface area (Å²) in [4.78, 5) is 11.0. The standard InChI is InChI=1S/C8H18N2O2.C4H10/c1-8(2,3)12-7(11)10-6-4-5-9;1-3-4-2/h4-6,9H2,1-3H3,(H,10,11);3-4H2,1-2H3. The van der Waals surface area contributed by atoms with Gasteiger partial charge in [0.2, 0.25) is 0 Å². The molecule has 0 unspecified atom stereocenters. The Hall–Kier alpha value is -0.770. The summed E-state index contributed by atoms with van der Waals surface area (Å²) in [5.41, 5.74) is 4.83. The molecule has 0 aromatic heterocycles. The minimum absolute atomic E-state index is 0.379. The quantitative estimate of drug-likeness (QED) is 0.732. The van der Waals surface area contributed by atoms with E-state index < -0.39 is 5.60 Å². The van der Waals surface area contributed by atoms with E-state index in [0.717, 1.165) is 6.42 Å². The number of rotatable bonds is 4. The molecule has 0 atom stereocenters. The van der Waals surface area contributed by atoms with Gasteiger partial charge in [0.25, 0.3) is 0 Å². The van der Waals surface area contributed by atoms with Crippen molar-refractivity contribution in [3.63, 3.8) is 0 Å². The highest BCUT2D eigenvalue weighted by Gasteiger charge is 2.14. The van der Waals surface area contributed by atoms with Crippen LogP contribution in [0.2, 0.25) is 0 Å². The fourth-order valence-corrected chi connectivity index (χ4v) is 0.607. The van der Waals surface area contributed by atoms with Gasteiger partial charge in [0.15, 0.2) is 0 Å². The van der Waals surface area contributed by atoms with Crippen LogP contribution in [0.15, 0.2) is 0 Å². The zero-order valence-corrected chi connectivity index (χ0v) is 11.4. The van der Waals surface area contributed by atoms with Gasteiger partial charge in [-0.25, -0.2) is 4.79 Å². The molecule has 0 aromatic rings. The summed E-state index contributed by atoms with van der Waals surface area (Å²) >= 11 is 0. The van der Waals surface area contributed by atoms with Gasteiger partial charge in [0.1, 0.15) is 5.60 Å². The molecule has 4 heteroatoms. The zero-order valence-electron chi connectivity index (χ0n) is 11.4. The molecule has 1 amide bonds. The Bertz CT molecular complexity index is 163. The third kappa shape index (κ3) is 18.9. The Balaban J connectivity index is 0. The molecule has 3 N–H and O–H groups in total. The summed E-state index contributed by atoms with van der Waals surface area (Å²) in [7, 11) is 0. The first-order valence-corrected chi connectivity index (χ1v) is 6.04. The van der Waals surface area contributed by atoms with Crippen molar-refractivity contribution in [1.29, 1.82) is 0 Å². The first-order valence-electron chi connectivity index (χ1n) is 6.04. The number of hydrogen-bond acceptors (Lipinski definition) is 3. The van der Waals surface area contributed by atoms with Gasteiger partial charge in [0, 0.05) is 6.54 Å². The molecular weight excluding hydrogens is 204 g/mol. The third-order valence-corrected chi connectivity index (χ3v) is 1.55. The summed E-state index contributed by atoms with van der Waals surface area (Å²) < 4.78 is 4.99.